The van der Waals surface area contributed by atoms with Crippen LogP contribution in [-0.2, 0) is 0 Å². The third-order valence-corrected chi connectivity index (χ3v) is 8.67. The highest BCUT2D eigenvalue weighted by atomic mass is 35.5. The number of rotatable bonds is 3. The molecule has 3 aromatic rings. The number of nitrogens with zero attached hydrogens (tertiary/aromatic N) is 3. The molecule has 1 aromatic carbocycles. The summed E-state index contributed by atoms with van der Waals surface area (Å²) in [5.74, 6) is 9.55. The maximum Gasteiger partial charge on any atom is 0.200 e. The summed E-state index contributed by atoms with van der Waals surface area (Å²) in [6, 6.07) is 7.90. The Morgan fingerprint density at radius 1 is 1.12 bits per heavy atom. The maximum absolute atomic E-state index is 11.6. The number of aromatic amines is 1. The van der Waals surface area contributed by atoms with Gasteiger partial charge in [0.05, 0.1) is 5.52 Å². The van der Waals surface area contributed by atoms with Gasteiger partial charge in [-0.3, -0.25) is 5.10 Å². The first kappa shape index (κ1) is 19.8. The zero-order chi connectivity index (χ0) is 22.2. The van der Waals surface area contributed by atoms with Gasteiger partial charge in [0.25, 0.3) is 0 Å². The van der Waals surface area contributed by atoms with Crippen molar-refractivity contribution in [3.05, 3.63) is 41.9 Å². The van der Waals surface area contributed by atoms with Gasteiger partial charge in [-0.15, -0.1) is 11.6 Å². The summed E-state index contributed by atoms with van der Waals surface area (Å²) < 4.78 is 0. The third-order valence-electron chi connectivity index (χ3n) is 8.21. The Morgan fingerprint density at radius 2 is 1.94 bits per heavy atom. The van der Waals surface area contributed by atoms with Crippen molar-refractivity contribution in [3.63, 3.8) is 0 Å². The lowest BCUT2D eigenvalue weighted by Gasteiger charge is -2.60. The Hall–Kier alpha value is -2.62. The minimum Gasteiger partial charge on any atom is -0.377 e. The normalized spacial score (nSPS) is 34.3. The smallest absolute Gasteiger partial charge is 0.200 e. The van der Waals surface area contributed by atoms with Crippen molar-refractivity contribution in [1.82, 2.24) is 20.2 Å². The maximum atomic E-state index is 11.6. The number of alkyl halides is 1. The van der Waals surface area contributed by atoms with Gasteiger partial charge in [0.15, 0.2) is 12.1 Å². The topological polar surface area (TPSA) is 86.7 Å². The first-order valence-electron chi connectivity index (χ1n) is 11.9. The molecule has 167 valence electrons. The monoisotopic (exact) mass is 458 g/mol. The van der Waals surface area contributed by atoms with E-state index in [1.54, 1.807) is 0 Å². The zero-order valence-electron chi connectivity index (χ0n) is 18.2. The van der Waals surface area contributed by atoms with Crippen LogP contribution in [0.2, 0.25) is 0 Å². The van der Waals surface area contributed by atoms with Crippen molar-refractivity contribution in [3.8, 4) is 11.8 Å². The van der Waals surface area contributed by atoms with Crippen LogP contribution in [0.15, 0.2) is 24.3 Å². The minimum absolute atomic E-state index is 0.118. The molecular formula is C26H25ClN5O. The van der Waals surface area contributed by atoms with Crippen LogP contribution in [0.4, 0.5) is 11.6 Å². The second-order valence-corrected chi connectivity index (χ2v) is 11.4. The first-order chi connectivity index (χ1) is 16.0. The molecule has 2 unspecified atom stereocenters. The number of hydrogen-bond donors (Lipinski definition) is 3. The number of aliphatic hydroxyl groups is 1. The van der Waals surface area contributed by atoms with Gasteiger partial charge in [-0.2, -0.15) is 5.10 Å². The standard InChI is InChI=1S/C26H25ClN5O/c27-25-11-16-7-18(12-25)26(33,19(8-16)13-25)6-5-15-1-4-21-20(9-15)24(29-14-28-21)30-23-10-22(31-32-23)17-2-3-17/h1,4,9-10,16-19,33H,2-3,7-8,11-13H2,(H2,28,29,30,31,32). The van der Waals surface area contributed by atoms with Gasteiger partial charge in [-0.1, -0.05) is 11.8 Å². The second-order valence-electron chi connectivity index (χ2n) is 10.6. The van der Waals surface area contributed by atoms with Crippen LogP contribution in [0.25, 0.3) is 10.9 Å². The average molecular weight is 459 g/mol. The second kappa shape index (κ2) is 6.94. The van der Waals surface area contributed by atoms with Crippen molar-refractivity contribution < 1.29 is 5.11 Å². The fraction of sp³-hybridized carbons (Fsp3) is 0.500. The number of fused-ring (bicyclic) bond motifs is 1. The van der Waals surface area contributed by atoms with Crippen LogP contribution in [0.5, 0.6) is 0 Å². The molecule has 0 spiro atoms. The fourth-order valence-electron chi connectivity index (χ4n) is 6.58. The molecule has 1 radical (unpaired) electrons. The number of nitrogens with one attached hydrogen (secondary N) is 2. The molecule has 3 N–H and O–H groups in total. The summed E-state index contributed by atoms with van der Waals surface area (Å²) >= 11 is 6.86. The summed E-state index contributed by atoms with van der Waals surface area (Å²) in [5, 5.41) is 23.2. The predicted octanol–water partition coefficient (Wildman–Crippen LogP) is 4.67. The Bertz CT molecular complexity index is 1300. The lowest BCUT2D eigenvalue weighted by Crippen LogP contribution is -2.61. The number of benzene rings is 1. The minimum atomic E-state index is -0.944. The molecule has 5 aliphatic rings. The Labute approximate surface area is 197 Å². The predicted molar refractivity (Wildman–Crippen MR) is 126 cm³/mol. The van der Waals surface area contributed by atoms with E-state index in [1.165, 1.54) is 12.8 Å². The van der Waals surface area contributed by atoms with E-state index in [1.807, 2.05) is 24.3 Å². The summed E-state index contributed by atoms with van der Waals surface area (Å²) in [7, 11) is 0. The number of halogens is 1. The van der Waals surface area contributed by atoms with Gasteiger partial charge < -0.3 is 10.4 Å². The molecule has 6 nitrogen and oxygen atoms in total. The SMILES string of the molecule is OC1(C#Cc2ccc3n[c]nc(Nc4cc(C5CC5)[nH]n4)c3c2)C2CC3CC1CC(Cl)(C3)C2. The molecule has 0 aliphatic heterocycles. The highest BCUT2D eigenvalue weighted by Gasteiger charge is 2.60. The highest BCUT2D eigenvalue weighted by Crippen LogP contribution is 2.62. The lowest BCUT2D eigenvalue weighted by atomic mass is 9.49. The van der Waals surface area contributed by atoms with Crippen molar-refractivity contribution in [2.24, 2.45) is 17.8 Å². The molecule has 2 aromatic heterocycles. The molecule has 5 aliphatic carbocycles. The van der Waals surface area contributed by atoms with Gasteiger partial charge in [0, 0.05) is 45.3 Å². The average Bonchev–Trinajstić information content (AvgIpc) is 3.54. The zero-order valence-corrected chi connectivity index (χ0v) is 19.0. The number of hydrogen-bond acceptors (Lipinski definition) is 5. The van der Waals surface area contributed by atoms with Gasteiger partial charge in [0.1, 0.15) is 11.4 Å². The molecular weight excluding hydrogens is 434 g/mol. The van der Waals surface area contributed by atoms with E-state index in [2.05, 4.69) is 43.7 Å². The summed E-state index contributed by atoms with van der Waals surface area (Å²) in [5.41, 5.74) is 1.84. The molecule has 0 saturated heterocycles. The Balaban J connectivity index is 1.20. The molecule has 4 bridgehead atoms. The highest BCUT2D eigenvalue weighted by molar-refractivity contribution is 6.24. The molecule has 8 rings (SSSR count). The summed E-state index contributed by atoms with van der Waals surface area (Å²) in [4.78, 5) is 8.50. The number of aromatic nitrogens is 4. The molecule has 5 saturated carbocycles. The summed E-state index contributed by atoms with van der Waals surface area (Å²) in [6.45, 7) is 0. The number of H-pyrrole nitrogens is 1. The summed E-state index contributed by atoms with van der Waals surface area (Å²) in [6.07, 6.45) is 10.1. The van der Waals surface area contributed by atoms with E-state index in [0.29, 0.717) is 17.7 Å². The first-order valence-corrected chi connectivity index (χ1v) is 12.3. The van der Waals surface area contributed by atoms with Gasteiger partial charge in [-0.05, 0) is 69.1 Å². The molecule has 2 atom stereocenters. The van der Waals surface area contributed by atoms with Gasteiger partial charge >= 0.3 is 0 Å². The van der Waals surface area contributed by atoms with E-state index >= 15 is 0 Å². The van der Waals surface area contributed by atoms with Crippen molar-refractivity contribution in [2.75, 3.05) is 5.32 Å². The van der Waals surface area contributed by atoms with Crippen LogP contribution in [0.3, 0.4) is 0 Å². The van der Waals surface area contributed by atoms with E-state index < -0.39 is 5.60 Å². The molecule has 0 amide bonds. The molecule has 33 heavy (non-hydrogen) atoms. The Morgan fingerprint density at radius 3 is 2.70 bits per heavy atom. The van der Waals surface area contributed by atoms with Crippen molar-refractivity contribution >= 4 is 34.1 Å². The van der Waals surface area contributed by atoms with Crippen LogP contribution >= 0.6 is 11.6 Å². The largest absolute Gasteiger partial charge is 0.377 e. The van der Waals surface area contributed by atoms with Crippen LogP contribution in [-0.4, -0.2) is 35.7 Å². The molecule has 5 fully saturated rings. The molecule has 2 heterocycles. The van der Waals surface area contributed by atoms with Crippen LogP contribution in [0.1, 0.15) is 62.1 Å². The molecule has 7 heteroatoms. The van der Waals surface area contributed by atoms with Gasteiger partial charge in [-0.25, -0.2) is 9.97 Å². The van der Waals surface area contributed by atoms with E-state index in [-0.39, 0.29) is 16.7 Å². The Kier molecular flexibility index (Phi) is 4.17. The van der Waals surface area contributed by atoms with Crippen LogP contribution in [0, 0.1) is 35.9 Å². The lowest BCUT2D eigenvalue weighted by molar-refractivity contribution is -0.129. The van der Waals surface area contributed by atoms with E-state index in [9.17, 15) is 5.11 Å². The fourth-order valence-corrected chi connectivity index (χ4v) is 7.17. The third kappa shape index (κ3) is 3.33. The number of anilines is 2. The van der Waals surface area contributed by atoms with Crippen LogP contribution < -0.4 is 5.32 Å². The van der Waals surface area contributed by atoms with E-state index in [0.717, 1.165) is 60.1 Å². The quantitative estimate of drug-likeness (QED) is 0.392. The van der Waals surface area contributed by atoms with Crippen molar-refractivity contribution in [2.45, 2.75) is 61.3 Å². The van der Waals surface area contributed by atoms with Gasteiger partial charge in [0.2, 0.25) is 0 Å². The van der Waals surface area contributed by atoms with Crippen molar-refractivity contribution in [1.29, 1.82) is 0 Å². The van der Waals surface area contributed by atoms with E-state index in [4.69, 9.17) is 11.6 Å².